The summed E-state index contributed by atoms with van der Waals surface area (Å²) in [5, 5.41) is 3.44. The van der Waals surface area contributed by atoms with Gasteiger partial charge in [0.1, 0.15) is 0 Å². The largest absolute Gasteiger partial charge is 0.399 e. The number of nitrogen functional groups attached to an aromatic ring is 1. The van der Waals surface area contributed by atoms with Gasteiger partial charge >= 0.3 is 6.03 Å². The zero-order valence-electron chi connectivity index (χ0n) is 11.8. The molecule has 110 valence electrons. The quantitative estimate of drug-likeness (QED) is 0.839. The van der Waals surface area contributed by atoms with Gasteiger partial charge < -0.3 is 16.0 Å². The number of halogens is 1. The van der Waals surface area contributed by atoms with Crippen molar-refractivity contribution in [3.63, 3.8) is 0 Å². The summed E-state index contributed by atoms with van der Waals surface area (Å²) in [4.78, 5) is 14.0. The molecule has 0 heterocycles. The van der Waals surface area contributed by atoms with Gasteiger partial charge in [0.2, 0.25) is 0 Å². The fraction of sp³-hybridized carbons (Fsp3) is 0.188. The normalized spacial score (nSPS) is 10.2. The molecule has 5 heteroatoms. The lowest BCUT2D eigenvalue weighted by Gasteiger charge is -2.21. The van der Waals surface area contributed by atoms with Crippen LogP contribution in [0.3, 0.4) is 0 Å². The maximum Gasteiger partial charge on any atom is 0.322 e. The standard InChI is InChI=1S/C16H18ClN3O/c1-2-20(11-12-6-8-14(18)9-7-12)16(21)19-15-5-3-4-13(17)10-15/h3-10H,2,11,18H2,1H3,(H,19,21). The molecule has 0 spiro atoms. The average molecular weight is 304 g/mol. The summed E-state index contributed by atoms with van der Waals surface area (Å²) in [5.41, 5.74) is 8.09. The number of carbonyl (C=O) groups excluding carboxylic acids is 1. The van der Waals surface area contributed by atoms with E-state index in [-0.39, 0.29) is 6.03 Å². The molecular weight excluding hydrogens is 286 g/mol. The molecule has 0 aliphatic heterocycles. The molecule has 0 bridgehead atoms. The molecule has 3 N–H and O–H groups in total. The van der Waals surface area contributed by atoms with Crippen molar-refractivity contribution in [2.24, 2.45) is 0 Å². The molecule has 2 aromatic rings. The molecular formula is C16H18ClN3O. The fourth-order valence-corrected chi connectivity index (χ4v) is 2.13. The van der Waals surface area contributed by atoms with E-state index < -0.39 is 0 Å². The van der Waals surface area contributed by atoms with Gasteiger partial charge in [-0.15, -0.1) is 0 Å². The molecule has 0 aliphatic rings. The predicted molar refractivity (Wildman–Crippen MR) is 87.4 cm³/mol. The van der Waals surface area contributed by atoms with E-state index in [1.165, 1.54) is 0 Å². The van der Waals surface area contributed by atoms with E-state index in [0.717, 1.165) is 5.56 Å². The summed E-state index contributed by atoms with van der Waals surface area (Å²) >= 11 is 5.91. The van der Waals surface area contributed by atoms with Crippen molar-refractivity contribution in [3.8, 4) is 0 Å². The third kappa shape index (κ3) is 4.39. The second-order valence-corrected chi connectivity index (χ2v) is 5.13. The number of amides is 2. The number of nitrogens with one attached hydrogen (secondary N) is 1. The van der Waals surface area contributed by atoms with Crippen molar-refractivity contribution >= 4 is 29.0 Å². The highest BCUT2D eigenvalue weighted by molar-refractivity contribution is 6.30. The topological polar surface area (TPSA) is 58.4 Å². The second-order valence-electron chi connectivity index (χ2n) is 4.70. The number of nitrogens with two attached hydrogens (primary N) is 1. The monoisotopic (exact) mass is 303 g/mol. The van der Waals surface area contributed by atoms with E-state index in [9.17, 15) is 4.79 Å². The Hall–Kier alpha value is -2.20. The smallest absolute Gasteiger partial charge is 0.322 e. The van der Waals surface area contributed by atoms with E-state index in [0.29, 0.717) is 29.5 Å². The Morgan fingerprint density at radius 3 is 2.57 bits per heavy atom. The Kier molecular flexibility index (Phi) is 5.06. The van der Waals surface area contributed by atoms with Gasteiger partial charge in [0.05, 0.1) is 0 Å². The molecule has 0 saturated carbocycles. The van der Waals surface area contributed by atoms with Crippen LogP contribution in [0, 0.1) is 0 Å². The minimum absolute atomic E-state index is 0.156. The average Bonchev–Trinajstić information content (AvgIpc) is 2.46. The molecule has 0 radical (unpaired) electrons. The van der Waals surface area contributed by atoms with Crippen LogP contribution in [0.15, 0.2) is 48.5 Å². The SMILES string of the molecule is CCN(Cc1ccc(N)cc1)C(=O)Nc1cccc(Cl)c1. The Bertz CT molecular complexity index is 613. The van der Waals surface area contributed by atoms with Crippen LogP contribution in [0.2, 0.25) is 5.02 Å². The first-order valence-electron chi connectivity index (χ1n) is 6.74. The Labute approximate surface area is 129 Å². The van der Waals surface area contributed by atoms with Crippen LogP contribution in [0.5, 0.6) is 0 Å². The fourth-order valence-electron chi connectivity index (χ4n) is 1.94. The maximum atomic E-state index is 12.3. The number of hydrogen-bond donors (Lipinski definition) is 2. The van der Waals surface area contributed by atoms with Crippen LogP contribution in [0.25, 0.3) is 0 Å². The molecule has 2 amide bonds. The summed E-state index contributed by atoms with van der Waals surface area (Å²) in [6, 6.07) is 14.4. The van der Waals surface area contributed by atoms with Gasteiger partial charge in [-0.2, -0.15) is 0 Å². The molecule has 0 aromatic heterocycles. The minimum Gasteiger partial charge on any atom is -0.399 e. The highest BCUT2D eigenvalue weighted by atomic mass is 35.5. The molecule has 0 saturated heterocycles. The Morgan fingerprint density at radius 1 is 1.24 bits per heavy atom. The van der Waals surface area contributed by atoms with Crippen molar-refractivity contribution in [2.45, 2.75) is 13.5 Å². The maximum absolute atomic E-state index is 12.3. The Morgan fingerprint density at radius 2 is 1.95 bits per heavy atom. The number of anilines is 2. The van der Waals surface area contributed by atoms with Gasteiger partial charge in [0.15, 0.2) is 0 Å². The third-order valence-electron chi connectivity index (χ3n) is 3.10. The number of nitrogens with zero attached hydrogens (tertiary/aromatic N) is 1. The van der Waals surface area contributed by atoms with E-state index >= 15 is 0 Å². The molecule has 2 aromatic carbocycles. The van der Waals surface area contributed by atoms with E-state index in [4.69, 9.17) is 17.3 Å². The van der Waals surface area contributed by atoms with Crippen LogP contribution >= 0.6 is 11.6 Å². The van der Waals surface area contributed by atoms with Crippen LogP contribution < -0.4 is 11.1 Å². The first kappa shape index (κ1) is 15.2. The molecule has 0 fully saturated rings. The van der Waals surface area contributed by atoms with Gasteiger partial charge in [-0.05, 0) is 42.8 Å². The van der Waals surface area contributed by atoms with Crippen molar-refractivity contribution in [2.75, 3.05) is 17.6 Å². The number of hydrogen-bond acceptors (Lipinski definition) is 2. The van der Waals surface area contributed by atoms with Crippen molar-refractivity contribution in [1.29, 1.82) is 0 Å². The van der Waals surface area contributed by atoms with E-state index in [2.05, 4.69) is 5.32 Å². The van der Waals surface area contributed by atoms with E-state index in [1.807, 2.05) is 31.2 Å². The lowest BCUT2D eigenvalue weighted by atomic mass is 10.2. The number of urea groups is 1. The molecule has 2 rings (SSSR count). The summed E-state index contributed by atoms with van der Waals surface area (Å²) in [6.45, 7) is 3.08. The molecule has 0 aliphatic carbocycles. The van der Waals surface area contributed by atoms with Crippen molar-refractivity contribution in [1.82, 2.24) is 4.90 Å². The lowest BCUT2D eigenvalue weighted by Crippen LogP contribution is -2.34. The van der Waals surface area contributed by atoms with Crippen molar-refractivity contribution in [3.05, 3.63) is 59.1 Å². The molecule has 21 heavy (non-hydrogen) atoms. The Balaban J connectivity index is 2.03. The second kappa shape index (κ2) is 6.99. The van der Waals surface area contributed by atoms with Gasteiger partial charge in [0.25, 0.3) is 0 Å². The van der Waals surface area contributed by atoms with Crippen molar-refractivity contribution < 1.29 is 4.79 Å². The molecule has 4 nitrogen and oxygen atoms in total. The lowest BCUT2D eigenvalue weighted by molar-refractivity contribution is 0.212. The van der Waals surface area contributed by atoms with Crippen LogP contribution in [-0.4, -0.2) is 17.5 Å². The minimum atomic E-state index is -0.156. The first-order chi connectivity index (χ1) is 10.1. The van der Waals surface area contributed by atoms with E-state index in [1.54, 1.807) is 29.2 Å². The summed E-state index contributed by atoms with van der Waals surface area (Å²) in [7, 11) is 0. The van der Waals surface area contributed by atoms with Gasteiger partial charge in [-0.3, -0.25) is 0 Å². The molecule has 0 unspecified atom stereocenters. The van der Waals surface area contributed by atoms with Crippen LogP contribution in [0.4, 0.5) is 16.2 Å². The zero-order chi connectivity index (χ0) is 15.2. The summed E-state index contributed by atoms with van der Waals surface area (Å²) in [5.74, 6) is 0. The van der Waals surface area contributed by atoms with Crippen LogP contribution in [0.1, 0.15) is 12.5 Å². The third-order valence-corrected chi connectivity index (χ3v) is 3.33. The number of rotatable bonds is 4. The number of benzene rings is 2. The summed E-state index contributed by atoms with van der Waals surface area (Å²) in [6.07, 6.45) is 0. The first-order valence-corrected chi connectivity index (χ1v) is 7.12. The predicted octanol–water partition coefficient (Wildman–Crippen LogP) is 3.98. The van der Waals surface area contributed by atoms with Gasteiger partial charge in [0, 0.05) is 29.5 Å². The highest BCUT2D eigenvalue weighted by Crippen LogP contribution is 2.16. The van der Waals surface area contributed by atoms with Gasteiger partial charge in [-0.25, -0.2) is 4.79 Å². The van der Waals surface area contributed by atoms with Gasteiger partial charge in [-0.1, -0.05) is 29.8 Å². The highest BCUT2D eigenvalue weighted by Gasteiger charge is 2.12. The molecule has 0 atom stereocenters. The van der Waals surface area contributed by atoms with Crippen LogP contribution in [-0.2, 0) is 6.54 Å². The zero-order valence-corrected chi connectivity index (χ0v) is 12.6. The number of carbonyl (C=O) groups is 1. The summed E-state index contributed by atoms with van der Waals surface area (Å²) < 4.78 is 0.